The lowest BCUT2D eigenvalue weighted by Crippen LogP contribution is -2.23. The number of fused-ring (bicyclic) bond motifs is 1. The zero-order valence-electron chi connectivity index (χ0n) is 20.3. The first-order chi connectivity index (χ1) is 15.1. The van der Waals surface area contributed by atoms with Crippen LogP contribution in [0.15, 0.2) is 42.5 Å². The number of benzene rings is 1. The van der Waals surface area contributed by atoms with Gasteiger partial charge in [-0.2, -0.15) is 0 Å². The van der Waals surface area contributed by atoms with Crippen LogP contribution < -0.4 is 0 Å². The maximum atomic E-state index is 4.07. The van der Waals surface area contributed by atoms with Gasteiger partial charge in [0.2, 0.25) is 0 Å². The van der Waals surface area contributed by atoms with E-state index in [1.807, 2.05) is 11.6 Å². The minimum Gasteiger partial charge on any atom is -0.0984 e. The van der Waals surface area contributed by atoms with E-state index in [4.69, 9.17) is 0 Å². The fourth-order valence-electron chi connectivity index (χ4n) is 7.22. The third kappa shape index (κ3) is 4.79. The Hall–Kier alpha value is -1.56. The van der Waals surface area contributed by atoms with Crippen LogP contribution in [0.2, 0.25) is 0 Å². The van der Waals surface area contributed by atoms with Crippen molar-refractivity contribution in [3.05, 3.63) is 59.2 Å². The second kappa shape index (κ2) is 9.93. The Kier molecular flexibility index (Phi) is 7.25. The minimum atomic E-state index is 0.512. The van der Waals surface area contributed by atoms with Crippen molar-refractivity contribution in [3.63, 3.8) is 0 Å². The lowest BCUT2D eigenvalue weighted by atomic mass is 9.69. The van der Waals surface area contributed by atoms with E-state index in [1.54, 1.807) is 5.56 Å². The van der Waals surface area contributed by atoms with Gasteiger partial charge < -0.3 is 0 Å². The molecule has 0 radical (unpaired) electrons. The van der Waals surface area contributed by atoms with Gasteiger partial charge in [0, 0.05) is 0 Å². The van der Waals surface area contributed by atoms with E-state index in [9.17, 15) is 0 Å². The standard InChI is InChI=1S/C31H44/c1-5-10-24-13-14-25(20-23(24)7-3)26-15-16-28(21-26)30-17-19-31(4)18-9-8-12-29(31)22-27(30)11-6-2/h5,7,10,13-14,20,22,26-28,30H,3,6,8-9,11-12,15-19,21H2,1-2,4H3/b10-5-/t26?,27?,28?,30?,31-/m1/s1. The summed E-state index contributed by atoms with van der Waals surface area (Å²) in [5.74, 6) is 3.37. The van der Waals surface area contributed by atoms with Crippen molar-refractivity contribution in [2.45, 2.75) is 97.3 Å². The highest BCUT2D eigenvalue weighted by Crippen LogP contribution is 2.53. The fourth-order valence-corrected chi connectivity index (χ4v) is 7.22. The molecular formula is C31H44. The molecule has 0 aromatic heterocycles. The second-order valence-corrected chi connectivity index (χ2v) is 11.0. The summed E-state index contributed by atoms with van der Waals surface area (Å²) in [6, 6.07) is 7.12. The van der Waals surface area contributed by atoms with Gasteiger partial charge in [-0.3, -0.25) is 0 Å². The van der Waals surface area contributed by atoms with Crippen molar-refractivity contribution >= 4 is 12.2 Å². The first-order valence-electron chi connectivity index (χ1n) is 13.2. The molecule has 0 nitrogen and oxygen atoms in total. The van der Waals surface area contributed by atoms with Crippen LogP contribution in [0.1, 0.15) is 114 Å². The van der Waals surface area contributed by atoms with Crippen LogP contribution >= 0.6 is 0 Å². The molecule has 4 unspecified atom stereocenters. The van der Waals surface area contributed by atoms with Gasteiger partial charge in [0.05, 0.1) is 0 Å². The van der Waals surface area contributed by atoms with Crippen molar-refractivity contribution in [2.24, 2.45) is 23.2 Å². The summed E-state index contributed by atoms with van der Waals surface area (Å²) >= 11 is 0. The number of hydrogen-bond donors (Lipinski definition) is 0. The van der Waals surface area contributed by atoms with E-state index < -0.39 is 0 Å². The topological polar surface area (TPSA) is 0 Å². The Morgan fingerprint density at radius 3 is 2.74 bits per heavy atom. The van der Waals surface area contributed by atoms with Crippen LogP contribution in [0.25, 0.3) is 12.2 Å². The van der Waals surface area contributed by atoms with Gasteiger partial charge in [0.15, 0.2) is 0 Å². The molecule has 2 fully saturated rings. The van der Waals surface area contributed by atoms with E-state index in [0.29, 0.717) is 5.41 Å². The van der Waals surface area contributed by atoms with Crippen molar-refractivity contribution in [1.29, 1.82) is 0 Å². The normalized spacial score (nSPS) is 33.7. The summed E-state index contributed by atoms with van der Waals surface area (Å²) in [5, 5.41) is 0. The molecule has 1 aromatic rings. The molecule has 2 saturated carbocycles. The highest BCUT2D eigenvalue weighted by Gasteiger charge is 2.40. The molecule has 1 aromatic carbocycles. The van der Waals surface area contributed by atoms with Gasteiger partial charge in [0.1, 0.15) is 0 Å². The van der Waals surface area contributed by atoms with Crippen LogP contribution in [0.5, 0.6) is 0 Å². The summed E-state index contributed by atoms with van der Waals surface area (Å²) in [6.07, 6.45) is 24.6. The molecule has 0 heteroatoms. The second-order valence-electron chi connectivity index (χ2n) is 11.0. The molecule has 0 spiro atoms. The van der Waals surface area contributed by atoms with Crippen LogP contribution in [0, 0.1) is 23.2 Å². The van der Waals surface area contributed by atoms with Gasteiger partial charge in [0.25, 0.3) is 0 Å². The Bertz CT molecular complexity index is 824. The molecule has 0 bridgehead atoms. The van der Waals surface area contributed by atoms with Gasteiger partial charge in [-0.05, 0) is 110 Å². The first kappa shape index (κ1) is 22.6. The smallest absolute Gasteiger partial charge is 0.0116 e. The average molecular weight is 417 g/mol. The Labute approximate surface area is 191 Å². The molecule has 31 heavy (non-hydrogen) atoms. The predicted octanol–water partition coefficient (Wildman–Crippen LogP) is 9.58. The van der Waals surface area contributed by atoms with E-state index in [2.05, 4.69) is 63.8 Å². The minimum absolute atomic E-state index is 0.512. The summed E-state index contributed by atoms with van der Waals surface area (Å²) in [4.78, 5) is 0. The van der Waals surface area contributed by atoms with E-state index >= 15 is 0 Å². The SMILES string of the molecule is C=Cc1cc(C2CCC(C3CC[C@@]4(C)CCCCC4=CC3CCC)C2)ccc1/C=C\C. The summed E-state index contributed by atoms with van der Waals surface area (Å²) in [5.41, 5.74) is 6.48. The Morgan fingerprint density at radius 1 is 1.10 bits per heavy atom. The monoisotopic (exact) mass is 416 g/mol. The number of rotatable bonds is 6. The van der Waals surface area contributed by atoms with Crippen molar-refractivity contribution < 1.29 is 0 Å². The highest BCUT2D eigenvalue weighted by molar-refractivity contribution is 5.65. The van der Waals surface area contributed by atoms with Crippen molar-refractivity contribution in [3.8, 4) is 0 Å². The highest BCUT2D eigenvalue weighted by atomic mass is 14.5. The molecule has 5 atom stereocenters. The van der Waals surface area contributed by atoms with E-state index in [-0.39, 0.29) is 0 Å². The van der Waals surface area contributed by atoms with Gasteiger partial charge >= 0.3 is 0 Å². The van der Waals surface area contributed by atoms with Gasteiger partial charge in [-0.15, -0.1) is 0 Å². The molecule has 3 aliphatic carbocycles. The van der Waals surface area contributed by atoms with Crippen LogP contribution in [0.4, 0.5) is 0 Å². The predicted molar refractivity (Wildman–Crippen MR) is 137 cm³/mol. The third-order valence-corrected chi connectivity index (χ3v) is 9.04. The van der Waals surface area contributed by atoms with Crippen LogP contribution in [-0.4, -0.2) is 0 Å². The Morgan fingerprint density at radius 2 is 1.97 bits per heavy atom. The quantitative estimate of drug-likeness (QED) is 0.405. The third-order valence-electron chi connectivity index (χ3n) is 9.04. The van der Waals surface area contributed by atoms with Crippen LogP contribution in [0.3, 0.4) is 0 Å². The molecule has 0 saturated heterocycles. The molecule has 0 amide bonds. The molecule has 168 valence electrons. The van der Waals surface area contributed by atoms with E-state index in [1.165, 1.54) is 81.8 Å². The fraction of sp³-hybridized carbons (Fsp3) is 0.613. The lowest BCUT2D eigenvalue weighted by molar-refractivity contribution is 0.206. The van der Waals surface area contributed by atoms with Gasteiger partial charge in [-0.25, -0.2) is 0 Å². The van der Waals surface area contributed by atoms with Crippen molar-refractivity contribution in [2.75, 3.05) is 0 Å². The maximum Gasteiger partial charge on any atom is -0.0116 e. The number of allylic oxidation sites excluding steroid dienone is 3. The molecule has 0 aliphatic heterocycles. The average Bonchev–Trinajstić information content (AvgIpc) is 3.20. The first-order valence-corrected chi connectivity index (χ1v) is 13.2. The van der Waals surface area contributed by atoms with E-state index in [0.717, 1.165) is 23.7 Å². The summed E-state index contributed by atoms with van der Waals surface area (Å²) < 4.78 is 0. The molecular weight excluding hydrogens is 372 g/mol. The molecule has 0 heterocycles. The zero-order valence-corrected chi connectivity index (χ0v) is 20.3. The molecule has 4 rings (SSSR count). The maximum absolute atomic E-state index is 4.07. The summed E-state index contributed by atoms with van der Waals surface area (Å²) in [6.45, 7) is 11.1. The van der Waals surface area contributed by atoms with Crippen LogP contribution in [-0.2, 0) is 0 Å². The zero-order chi connectivity index (χ0) is 21.8. The van der Waals surface area contributed by atoms with Crippen molar-refractivity contribution in [1.82, 2.24) is 0 Å². The molecule has 3 aliphatic rings. The summed E-state index contributed by atoms with van der Waals surface area (Å²) in [7, 11) is 0. The molecule has 0 N–H and O–H groups in total. The largest absolute Gasteiger partial charge is 0.0984 e. The Balaban J connectivity index is 1.52. The number of hydrogen-bond acceptors (Lipinski definition) is 0. The van der Waals surface area contributed by atoms with Gasteiger partial charge in [-0.1, -0.05) is 81.3 Å². The lowest BCUT2D eigenvalue weighted by Gasteiger charge is -2.36.